The van der Waals surface area contributed by atoms with Gasteiger partial charge >= 0.3 is 0 Å². The lowest BCUT2D eigenvalue weighted by Gasteiger charge is -2.19. The fraction of sp³-hybridized carbons (Fsp3) is 0.364. The maximum atomic E-state index is 12.8. The predicted octanol–water partition coefficient (Wildman–Crippen LogP) is 4.52. The van der Waals surface area contributed by atoms with E-state index >= 15 is 0 Å². The Balaban J connectivity index is 2.11. The monoisotopic (exact) mass is 462 g/mol. The average molecular weight is 463 g/mol. The third kappa shape index (κ3) is 5.97. The molecule has 2 aromatic rings. The van der Waals surface area contributed by atoms with Gasteiger partial charge in [-0.05, 0) is 52.5 Å². The lowest BCUT2D eigenvalue weighted by Crippen LogP contribution is -2.35. The van der Waals surface area contributed by atoms with E-state index in [2.05, 4.69) is 21.2 Å². The van der Waals surface area contributed by atoms with Crippen LogP contribution in [-0.2, 0) is 11.2 Å². The van der Waals surface area contributed by atoms with Crippen LogP contribution >= 0.6 is 15.9 Å². The van der Waals surface area contributed by atoms with Gasteiger partial charge in [-0.3, -0.25) is 9.59 Å². The second kappa shape index (κ2) is 10.9. The van der Waals surface area contributed by atoms with Crippen molar-refractivity contribution in [3.05, 3.63) is 52.0 Å². The number of para-hydroxylation sites is 1. The van der Waals surface area contributed by atoms with Crippen molar-refractivity contribution < 1.29 is 19.1 Å². The quantitative estimate of drug-likeness (QED) is 0.594. The molecule has 0 saturated heterocycles. The molecule has 0 fully saturated rings. The van der Waals surface area contributed by atoms with Gasteiger partial charge in [0.05, 0.1) is 24.7 Å². The number of likely N-dealkylation sites (N-methyl/N-ethyl adjacent to an activating group) is 1. The number of anilines is 1. The fourth-order valence-corrected chi connectivity index (χ4v) is 3.39. The number of aryl methyl sites for hydroxylation is 1. The molecule has 7 heteroatoms. The Morgan fingerprint density at radius 3 is 2.55 bits per heavy atom. The summed E-state index contributed by atoms with van der Waals surface area (Å²) < 4.78 is 11.7. The van der Waals surface area contributed by atoms with Crippen molar-refractivity contribution in [3.63, 3.8) is 0 Å². The van der Waals surface area contributed by atoms with Crippen molar-refractivity contribution in [2.75, 3.05) is 32.6 Å². The molecule has 29 heavy (non-hydrogen) atoms. The average Bonchev–Trinajstić information content (AvgIpc) is 2.71. The summed E-state index contributed by atoms with van der Waals surface area (Å²) in [5.74, 6) is 0.481. The van der Waals surface area contributed by atoms with E-state index in [4.69, 9.17) is 9.47 Å². The van der Waals surface area contributed by atoms with Crippen molar-refractivity contribution >= 4 is 33.4 Å². The lowest BCUT2D eigenvalue weighted by molar-refractivity contribution is -0.116. The summed E-state index contributed by atoms with van der Waals surface area (Å²) in [6.07, 6.45) is 1.67. The van der Waals surface area contributed by atoms with E-state index in [1.807, 2.05) is 38.1 Å². The van der Waals surface area contributed by atoms with E-state index in [1.54, 1.807) is 19.2 Å². The predicted molar refractivity (Wildman–Crippen MR) is 118 cm³/mol. The Hall–Kier alpha value is -2.54. The van der Waals surface area contributed by atoms with Gasteiger partial charge in [0.25, 0.3) is 5.91 Å². The van der Waals surface area contributed by atoms with Gasteiger partial charge in [-0.1, -0.05) is 32.0 Å². The number of carbonyl (C=O) groups is 2. The van der Waals surface area contributed by atoms with Crippen LogP contribution < -0.4 is 14.8 Å². The maximum Gasteiger partial charge on any atom is 0.254 e. The number of hydrogen-bond donors (Lipinski definition) is 1. The zero-order valence-corrected chi connectivity index (χ0v) is 18.8. The Bertz CT molecular complexity index is 870. The third-order valence-electron chi connectivity index (χ3n) is 4.33. The van der Waals surface area contributed by atoms with E-state index in [0.717, 1.165) is 24.1 Å². The SMILES string of the molecule is CCCOc1c(Br)cc(C(=O)N(C)CC(=O)Nc2ccccc2CC)cc1OC. The van der Waals surface area contributed by atoms with E-state index < -0.39 is 0 Å². The number of hydrogen-bond acceptors (Lipinski definition) is 4. The molecule has 156 valence electrons. The largest absolute Gasteiger partial charge is 0.493 e. The summed E-state index contributed by atoms with van der Waals surface area (Å²) in [5, 5.41) is 2.88. The number of halogens is 1. The molecule has 2 amide bonds. The molecule has 0 radical (unpaired) electrons. The number of nitrogens with one attached hydrogen (secondary N) is 1. The Kier molecular flexibility index (Phi) is 8.51. The number of benzene rings is 2. The molecule has 6 nitrogen and oxygen atoms in total. The molecule has 0 aliphatic heterocycles. The van der Waals surface area contributed by atoms with Crippen LogP contribution in [-0.4, -0.2) is 44.0 Å². The number of nitrogens with zero attached hydrogens (tertiary/aromatic N) is 1. The summed E-state index contributed by atoms with van der Waals surface area (Å²) in [7, 11) is 3.12. The molecule has 0 unspecified atom stereocenters. The summed E-state index contributed by atoms with van der Waals surface area (Å²) in [6.45, 7) is 4.52. The topological polar surface area (TPSA) is 67.9 Å². The molecule has 0 bridgehead atoms. The van der Waals surface area contributed by atoms with Crippen LogP contribution in [0.1, 0.15) is 36.2 Å². The highest BCUT2D eigenvalue weighted by Crippen LogP contribution is 2.37. The first-order chi connectivity index (χ1) is 13.9. The van der Waals surface area contributed by atoms with E-state index in [9.17, 15) is 9.59 Å². The number of ether oxygens (including phenoxy) is 2. The van der Waals surface area contributed by atoms with Crippen LogP contribution in [0.25, 0.3) is 0 Å². The van der Waals surface area contributed by atoms with Crippen molar-refractivity contribution in [1.29, 1.82) is 0 Å². The van der Waals surface area contributed by atoms with Crippen LogP contribution in [0.4, 0.5) is 5.69 Å². The number of methoxy groups -OCH3 is 1. The minimum atomic E-state index is -0.287. The zero-order valence-electron chi connectivity index (χ0n) is 17.3. The molecule has 2 rings (SSSR count). The standard InChI is InChI=1S/C22H27BrN2O4/c1-5-11-29-21-17(23)12-16(13-19(21)28-4)22(27)25(3)14-20(26)24-18-10-8-7-9-15(18)6-2/h7-10,12-13H,5-6,11,14H2,1-4H3,(H,24,26). The van der Waals surface area contributed by atoms with Crippen LogP contribution in [0.2, 0.25) is 0 Å². The molecule has 0 aliphatic carbocycles. The first kappa shape index (κ1) is 22.7. The van der Waals surface area contributed by atoms with Gasteiger partial charge in [0.2, 0.25) is 5.91 Å². The molecule has 0 heterocycles. The smallest absolute Gasteiger partial charge is 0.254 e. The van der Waals surface area contributed by atoms with Crippen molar-refractivity contribution in [2.45, 2.75) is 26.7 Å². The van der Waals surface area contributed by atoms with E-state index in [0.29, 0.717) is 28.1 Å². The summed E-state index contributed by atoms with van der Waals surface area (Å²) >= 11 is 3.44. The minimum absolute atomic E-state index is 0.0646. The Morgan fingerprint density at radius 1 is 1.17 bits per heavy atom. The minimum Gasteiger partial charge on any atom is -0.493 e. The zero-order chi connectivity index (χ0) is 21.4. The summed E-state index contributed by atoms with van der Waals surface area (Å²) in [5.41, 5.74) is 2.22. The molecule has 0 aromatic heterocycles. The van der Waals surface area contributed by atoms with Gasteiger partial charge < -0.3 is 19.7 Å². The molecular weight excluding hydrogens is 436 g/mol. The van der Waals surface area contributed by atoms with Crippen LogP contribution in [0.15, 0.2) is 40.9 Å². The van der Waals surface area contributed by atoms with Gasteiger partial charge in [0.15, 0.2) is 11.5 Å². The van der Waals surface area contributed by atoms with Gasteiger partial charge in [0.1, 0.15) is 0 Å². The van der Waals surface area contributed by atoms with E-state index in [1.165, 1.54) is 12.0 Å². The summed E-state index contributed by atoms with van der Waals surface area (Å²) in [4.78, 5) is 26.6. The molecule has 0 saturated carbocycles. The van der Waals surface area contributed by atoms with Gasteiger partial charge in [0, 0.05) is 18.3 Å². The van der Waals surface area contributed by atoms with Crippen molar-refractivity contribution in [3.8, 4) is 11.5 Å². The van der Waals surface area contributed by atoms with Gasteiger partial charge in [-0.15, -0.1) is 0 Å². The molecule has 1 N–H and O–H groups in total. The Morgan fingerprint density at radius 2 is 1.90 bits per heavy atom. The van der Waals surface area contributed by atoms with Crippen molar-refractivity contribution in [2.24, 2.45) is 0 Å². The van der Waals surface area contributed by atoms with Gasteiger partial charge in [-0.25, -0.2) is 0 Å². The number of rotatable bonds is 9. The number of amides is 2. The highest BCUT2D eigenvalue weighted by atomic mass is 79.9. The van der Waals surface area contributed by atoms with Crippen LogP contribution in [0, 0.1) is 0 Å². The molecule has 0 spiro atoms. The third-order valence-corrected chi connectivity index (χ3v) is 4.92. The second-order valence-corrected chi connectivity index (χ2v) is 7.41. The first-order valence-corrected chi connectivity index (χ1v) is 10.3. The van der Waals surface area contributed by atoms with E-state index in [-0.39, 0.29) is 18.4 Å². The lowest BCUT2D eigenvalue weighted by atomic mass is 10.1. The highest BCUT2D eigenvalue weighted by molar-refractivity contribution is 9.10. The van der Waals surface area contributed by atoms with Gasteiger partial charge in [-0.2, -0.15) is 0 Å². The second-order valence-electron chi connectivity index (χ2n) is 6.56. The van der Waals surface area contributed by atoms with Crippen LogP contribution in [0.3, 0.4) is 0 Å². The highest BCUT2D eigenvalue weighted by Gasteiger charge is 2.20. The maximum absolute atomic E-state index is 12.8. The molecule has 2 aromatic carbocycles. The fourth-order valence-electron chi connectivity index (χ4n) is 2.84. The molecule has 0 atom stereocenters. The van der Waals surface area contributed by atoms with Crippen molar-refractivity contribution in [1.82, 2.24) is 4.90 Å². The van der Waals surface area contributed by atoms with Crippen LogP contribution in [0.5, 0.6) is 11.5 Å². The Labute approximate surface area is 180 Å². The molecular formula is C22H27BrN2O4. The normalized spacial score (nSPS) is 10.4. The first-order valence-electron chi connectivity index (χ1n) is 9.54. The number of carbonyl (C=O) groups excluding carboxylic acids is 2. The summed E-state index contributed by atoms with van der Waals surface area (Å²) in [6, 6.07) is 10.9. The molecule has 0 aliphatic rings.